The zero-order valence-corrected chi connectivity index (χ0v) is 14.8. The van der Waals surface area contributed by atoms with Crippen molar-refractivity contribution in [1.29, 1.82) is 0 Å². The third-order valence-electron chi connectivity index (χ3n) is 4.65. The Morgan fingerprint density at radius 3 is 2.19 bits per heavy atom. The summed E-state index contributed by atoms with van der Waals surface area (Å²) in [5, 5.41) is 4.24. The number of hydrogen-bond donors (Lipinski definition) is 1. The molecular weight excluding hydrogens is 340 g/mol. The number of carbonyl (C=O) groups excluding carboxylic acids is 2. The highest BCUT2D eigenvalue weighted by molar-refractivity contribution is 5.85. The zero-order chi connectivity index (χ0) is 18.6. The third-order valence-corrected chi connectivity index (χ3v) is 4.65. The molecule has 6 nitrogen and oxygen atoms in total. The van der Waals surface area contributed by atoms with Crippen LogP contribution in [0.5, 0.6) is 0 Å². The van der Waals surface area contributed by atoms with Gasteiger partial charge in [-0.25, -0.2) is 5.43 Å². The molecule has 1 aliphatic rings. The predicted octanol–water partition coefficient (Wildman–Crippen LogP) is 2.28. The number of carbonyl (C=O) groups is 2. The van der Waals surface area contributed by atoms with Crippen LogP contribution in [0.4, 0.5) is 0 Å². The first kappa shape index (κ1) is 17.0. The molecule has 0 aliphatic carbocycles. The molecule has 0 saturated heterocycles. The van der Waals surface area contributed by atoms with Gasteiger partial charge in [-0.3, -0.25) is 9.59 Å². The Hall–Kier alpha value is -3.41. The van der Waals surface area contributed by atoms with Crippen molar-refractivity contribution in [2.75, 3.05) is 5.43 Å². The summed E-state index contributed by atoms with van der Waals surface area (Å²) in [7, 11) is 0. The average Bonchev–Trinajstić information content (AvgIpc) is 3.25. The maximum absolute atomic E-state index is 12.6. The average molecular weight is 360 g/mol. The van der Waals surface area contributed by atoms with E-state index >= 15 is 0 Å². The fourth-order valence-corrected chi connectivity index (χ4v) is 3.24. The first-order valence-corrected chi connectivity index (χ1v) is 8.90. The van der Waals surface area contributed by atoms with Gasteiger partial charge in [-0.05, 0) is 11.1 Å². The Balaban J connectivity index is 1.38. The van der Waals surface area contributed by atoms with Gasteiger partial charge in [-0.15, -0.1) is 0 Å². The molecule has 27 heavy (non-hydrogen) atoms. The van der Waals surface area contributed by atoms with E-state index in [1.54, 1.807) is 11.1 Å². The van der Waals surface area contributed by atoms with Gasteiger partial charge in [0.15, 0.2) is 0 Å². The lowest BCUT2D eigenvalue weighted by atomic mass is 10.1. The molecule has 6 heteroatoms. The SMILES string of the molecule is O=C(Cc1ccccc1)Nn1ncc2c1CN(C(=O)Cc1ccccc1)C2. The summed E-state index contributed by atoms with van der Waals surface area (Å²) in [6.45, 7) is 0.974. The van der Waals surface area contributed by atoms with Crippen LogP contribution in [0, 0.1) is 0 Å². The van der Waals surface area contributed by atoms with Gasteiger partial charge >= 0.3 is 0 Å². The number of nitrogens with one attached hydrogen (secondary N) is 1. The van der Waals surface area contributed by atoms with E-state index in [0.717, 1.165) is 22.4 Å². The van der Waals surface area contributed by atoms with E-state index in [4.69, 9.17) is 0 Å². The Bertz CT molecular complexity index is 951. The Morgan fingerprint density at radius 2 is 1.52 bits per heavy atom. The number of fused-ring (bicyclic) bond motifs is 1. The minimum absolute atomic E-state index is 0.0690. The lowest BCUT2D eigenvalue weighted by Gasteiger charge is -2.16. The molecule has 4 rings (SSSR count). The fraction of sp³-hybridized carbons (Fsp3) is 0.190. The van der Waals surface area contributed by atoms with Gasteiger partial charge in [-0.2, -0.15) is 9.89 Å². The van der Waals surface area contributed by atoms with Crippen molar-refractivity contribution in [3.8, 4) is 0 Å². The number of nitrogens with zero attached hydrogens (tertiary/aromatic N) is 3. The van der Waals surface area contributed by atoms with Gasteiger partial charge in [0.05, 0.1) is 31.3 Å². The molecule has 0 saturated carbocycles. The summed E-state index contributed by atoms with van der Waals surface area (Å²) in [6, 6.07) is 19.3. The highest BCUT2D eigenvalue weighted by Gasteiger charge is 2.27. The van der Waals surface area contributed by atoms with Crippen LogP contribution in [-0.2, 0) is 35.5 Å². The van der Waals surface area contributed by atoms with Crippen LogP contribution < -0.4 is 5.43 Å². The lowest BCUT2D eigenvalue weighted by Crippen LogP contribution is -2.30. The third kappa shape index (κ3) is 3.89. The molecule has 3 aromatic rings. The van der Waals surface area contributed by atoms with Crippen molar-refractivity contribution in [2.45, 2.75) is 25.9 Å². The first-order chi connectivity index (χ1) is 13.2. The van der Waals surface area contributed by atoms with E-state index in [9.17, 15) is 9.59 Å². The first-order valence-electron chi connectivity index (χ1n) is 8.90. The van der Waals surface area contributed by atoms with Crippen LogP contribution >= 0.6 is 0 Å². The molecule has 2 heterocycles. The van der Waals surface area contributed by atoms with Crippen molar-refractivity contribution in [3.05, 3.63) is 89.2 Å². The molecule has 0 fully saturated rings. The van der Waals surface area contributed by atoms with Crippen molar-refractivity contribution >= 4 is 11.8 Å². The van der Waals surface area contributed by atoms with Crippen LogP contribution in [0.1, 0.15) is 22.4 Å². The van der Waals surface area contributed by atoms with E-state index in [-0.39, 0.29) is 18.2 Å². The molecule has 0 spiro atoms. The summed E-state index contributed by atoms with van der Waals surface area (Å²) < 4.78 is 0. The number of hydrogen-bond acceptors (Lipinski definition) is 3. The fourth-order valence-electron chi connectivity index (χ4n) is 3.24. The van der Waals surface area contributed by atoms with Crippen molar-refractivity contribution in [2.24, 2.45) is 0 Å². The maximum Gasteiger partial charge on any atom is 0.244 e. The van der Waals surface area contributed by atoms with Gasteiger partial charge in [-0.1, -0.05) is 60.7 Å². The molecule has 1 N–H and O–H groups in total. The summed E-state index contributed by atoms with van der Waals surface area (Å²) in [6.07, 6.45) is 2.37. The van der Waals surface area contributed by atoms with Crippen molar-refractivity contribution in [1.82, 2.24) is 14.8 Å². The molecule has 0 atom stereocenters. The second-order valence-corrected chi connectivity index (χ2v) is 6.64. The van der Waals surface area contributed by atoms with E-state index in [1.807, 2.05) is 60.7 Å². The topological polar surface area (TPSA) is 67.2 Å². The number of aromatic nitrogens is 2. The standard InChI is InChI=1S/C21H20N4O2/c26-20(11-16-7-3-1-4-8-16)23-25-19-15-24(14-18(19)13-22-25)21(27)12-17-9-5-2-6-10-17/h1-10,13H,11-12,14-15H2,(H,23,26). The van der Waals surface area contributed by atoms with Crippen molar-refractivity contribution < 1.29 is 9.59 Å². The van der Waals surface area contributed by atoms with Crippen LogP contribution in [0.2, 0.25) is 0 Å². The number of amides is 2. The highest BCUT2D eigenvalue weighted by Crippen LogP contribution is 2.22. The maximum atomic E-state index is 12.6. The molecule has 0 bridgehead atoms. The summed E-state index contributed by atoms with van der Waals surface area (Å²) in [5.74, 6) is -0.0688. The summed E-state index contributed by atoms with van der Waals surface area (Å²) >= 11 is 0. The van der Waals surface area contributed by atoms with E-state index < -0.39 is 0 Å². The molecule has 0 radical (unpaired) electrons. The molecule has 2 aromatic carbocycles. The molecule has 1 aromatic heterocycles. The minimum Gasteiger partial charge on any atom is -0.332 e. The Morgan fingerprint density at radius 1 is 0.889 bits per heavy atom. The van der Waals surface area contributed by atoms with E-state index in [2.05, 4.69) is 10.5 Å². The molecule has 1 aliphatic heterocycles. The number of rotatable bonds is 5. The molecular formula is C21H20N4O2. The van der Waals surface area contributed by atoms with Crippen molar-refractivity contribution in [3.63, 3.8) is 0 Å². The molecule has 136 valence electrons. The van der Waals surface area contributed by atoms with Gasteiger partial charge in [0, 0.05) is 12.1 Å². The summed E-state index contributed by atoms with van der Waals surface area (Å²) in [4.78, 5) is 28.1. The lowest BCUT2D eigenvalue weighted by molar-refractivity contribution is -0.131. The molecule has 0 unspecified atom stereocenters. The molecule has 2 amide bonds. The van der Waals surface area contributed by atoms with Crippen LogP contribution in [0.15, 0.2) is 66.9 Å². The normalized spacial score (nSPS) is 12.7. The number of benzene rings is 2. The van der Waals surface area contributed by atoms with Crippen LogP contribution in [0.3, 0.4) is 0 Å². The van der Waals surface area contributed by atoms with Gasteiger partial charge in [0.2, 0.25) is 11.8 Å². The Labute approximate surface area is 157 Å². The van der Waals surface area contributed by atoms with Gasteiger partial charge in [0.1, 0.15) is 0 Å². The largest absolute Gasteiger partial charge is 0.332 e. The van der Waals surface area contributed by atoms with Crippen LogP contribution in [-0.4, -0.2) is 26.6 Å². The van der Waals surface area contributed by atoms with Crippen LogP contribution in [0.25, 0.3) is 0 Å². The minimum atomic E-state index is -0.138. The second kappa shape index (κ2) is 7.45. The monoisotopic (exact) mass is 360 g/mol. The summed E-state index contributed by atoms with van der Waals surface area (Å²) in [5.41, 5.74) is 6.58. The quantitative estimate of drug-likeness (QED) is 0.759. The smallest absolute Gasteiger partial charge is 0.244 e. The Kier molecular flexibility index (Phi) is 4.70. The zero-order valence-electron chi connectivity index (χ0n) is 14.8. The predicted molar refractivity (Wildman–Crippen MR) is 101 cm³/mol. The second-order valence-electron chi connectivity index (χ2n) is 6.64. The highest BCUT2D eigenvalue weighted by atomic mass is 16.2. The van der Waals surface area contributed by atoms with Gasteiger partial charge < -0.3 is 4.90 Å². The van der Waals surface area contributed by atoms with E-state index in [0.29, 0.717) is 19.5 Å². The van der Waals surface area contributed by atoms with Gasteiger partial charge in [0.25, 0.3) is 0 Å². The van der Waals surface area contributed by atoms with E-state index in [1.165, 1.54) is 4.79 Å².